The average Bonchev–Trinajstić information content (AvgIpc) is 2.67. The molecule has 0 aliphatic carbocycles. The molecule has 0 N–H and O–H groups in total. The van der Waals surface area contributed by atoms with Gasteiger partial charge in [0, 0.05) is 17.8 Å². The van der Waals surface area contributed by atoms with Crippen LogP contribution in [0.3, 0.4) is 0 Å². The molecule has 7 heteroatoms. The van der Waals surface area contributed by atoms with Gasteiger partial charge in [-0.1, -0.05) is 30.3 Å². The number of ether oxygens (including phenoxy) is 2. The molecule has 3 rings (SSSR count). The van der Waals surface area contributed by atoms with Gasteiger partial charge in [-0.15, -0.1) is 0 Å². The molecule has 0 saturated carbocycles. The summed E-state index contributed by atoms with van der Waals surface area (Å²) >= 11 is 0. The third-order valence-corrected chi connectivity index (χ3v) is 3.89. The van der Waals surface area contributed by atoms with Crippen molar-refractivity contribution in [1.29, 1.82) is 0 Å². The van der Waals surface area contributed by atoms with E-state index in [9.17, 15) is 10.1 Å². The molecule has 0 radical (unpaired) electrons. The number of nitrogens with zero attached hydrogens (tertiary/aromatic N) is 3. The van der Waals surface area contributed by atoms with Crippen LogP contribution in [-0.2, 0) is 6.61 Å². The van der Waals surface area contributed by atoms with Gasteiger partial charge in [-0.25, -0.2) is 9.97 Å². The minimum atomic E-state index is -0.448. The molecule has 0 spiro atoms. The van der Waals surface area contributed by atoms with Crippen LogP contribution in [0, 0.1) is 17.0 Å². The molecular formula is C20H19N3O4. The van der Waals surface area contributed by atoms with Crippen molar-refractivity contribution >= 4 is 5.69 Å². The van der Waals surface area contributed by atoms with Crippen molar-refractivity contribution in [3.8, 4) is 22.9 Å². The monoisotopic (exact) mass is 365 g/mol. The van der Waals surface area contributed by atoms with Gasteiger partial charge in [0.15, 0.2) is 5.75 Å². The lowest BCUT2D eigenvalue weighted by atomic mass is 10.1. The minimum Gasteiger partial charge on any atom is -0.488 e. The van der Waals surface area contributed by atoms with Gasteiger partial charge in [-0.2, -0.15) is 0 Å². The highest BCUT2D eigenvalue weighted by atomic mass is 16.6. The fraction of sp³-hybridized carbons (Fsp3) is 0.200. The van der Waals surface area contributed by atoms with Crippen LogP contribution in [-0.4, -0.2) is 21.5 Å². The van der Waals surface area contributed by atoms with Gasteiger partial charge in [0.25, 0.3) is 11.6 Å². The molecular weight excluding hydrogens is 346 g/mol. The average molecular weight is 365 g/mol. The number of benzene rings is 1. The molecule has 138 valence electrons. The summed E-state index contributed by atoms with van der Waals surface area (Å²) in [6.07, 6.45) is 1.62. The Morgan fingerprint density at radius 1 is 1.11 bits per heavy atom. The number of aryl methyl sites for hydroxylation is 1. The summed E-state index contributed by atoms with van der Waals surface area (Å²) in [4.78, 5) is 19.2. The largest absolute Gasteiger partial charge is 0.488 e. The van der Waals surface area contributed by atoms with Crippen molar-refractivity contribution < 1.29 is 14.4 Å². The smallest absolute Gasteiger partial charge is 0.290 e. The highest BCUT2D eigenvalue weighted by Crippen LogP contribution is 2.31. The fourth-order valence-electron chi connectivity index (χ4n) is 2.57. The van der Waals surface area contributed by atoms with Crippen LogP contribution in [0.4, 0.5) is 5.69 Å². The maximum absolute atomic E-state index is 11.0. The molecule has 1 aromatic carbocycles. The van der Waals surface area contributed by atoms with Gasteiger partial charge in [0.05, 0.1) is 17.2 Å². The van der Waals surface area contributed by atoms with Gasteiger partial charge >= 0.3 is 0 Å². The zero-order valence-corrected chi connectivity index (χ0v) is 15.1. The Labute approximate surface area is 156 Å². The van der Waals surface area contributed by atoms with Crippen LogP contribution < -0.4 is 9.47 Å². The van der Waals surface area contributed by atoms with Gasteiger partial charge in [0.1, 0.15) is 12.3 Å². The van der Waals surface area contributed by atoms with E-state index >= 15 is 0 Å². The Kier molecular flexibility index (Phi) is 5.61. The normalized spacial score (nSPS) is 10.4. The summed E-state index contributed by atoms with van der Waals surface area (Å²) in [5.74, 6) is 0.895. The topological polar surface area (TPSA) is 87.4 Å². The summed E-state index contributed by atoms with van der Waals surface area (Å²) in [5, 5.41) is 11.0. The van der Waals surface area contributed by atoms with Crippen LogP contribution in [0.1, 0.15) is 18.2 Å². The molecule has 0 aliphatic heterocycles. The van der Waals surface area contributed by atoms with Crippen LogP contribution in [0.15, 0.2) is 54.7 Å². The minimum absolute atomic E-state index is 0.0143. The van der Waals surface area contributed by atoms with E-state index in [0.29, 0.717) is 41.8 Å². The number of rotatable bonds is 7. The van der Waals surface area contributed by atoms with E-state index in [1.54, 1.807) is 25.3 Å². The quantitative estimate of drug-likeness (QED) is 0.457. The number of aromatic nitrogens is 2. The first-order chi connectivity index (χ1) is 13.1. The number of nitro groups is 1. The molecule has 0 aliphatic rings. The Hall–Kier alpha value is -3.48. The number of pyridine rings is 2. The highest BCUT2D eigenvalue weighted by Gasteiger charge is 2.15. The molecule has 0 unspecified atom stereocenters. The van der Waals surface area contributed by atoms with Crippen LogP contribution >= 0.6 is 0 Å². The summed E-state index contributed by atoms with van der Waals surface area (Å²) in [5.41, 5.74) is 2.64. The van der Waals surface area contributed by atoms with Crippen molar-refractivity contribution in [2.75, 3.05) is 6.61 Å². The van der Waals surface area contributed by atoms with Crippen LogP contribution in [0.2, 0.25) is 0 Å². The van der Waals surface area contributed by atoms with Crippen LogP contribution in [0.5, 0.6) is 11.6 Å². The Balaban J connectivity index is 1.86. The molecule has 0 saturated heterocycles. The maximum Gasteiger partial charge on any atom is 0.290 e. The molecule has 7 nitrogen and oxygen atoms in total. The lowest BCUT2D eigenvalue weighted by Crippen LogP contribution is -2.02. The lowest BCUT2D eigenvalue weighted by Gasteiger charge is -2.12. The lowest BCUT2D eigenvalue weighted by molar-refractivity contribution is -0.385. The Morgan fingerprint density at radius 3 is 2.56 bits per heavy atom. The molecule has 2 heterocycles. The Bertz CT molecular complexity index is 945. The van der Waals surface area contributed by atoms with Gasteiger partial charge in [0.2, 0.25) is 0 Å². The standard InChI is InChI=1S/C20H19N3O4/c1-3-26-19-11-16(17-9-10-18(23(24)25)14(2)22-17)12-21-20(19)27-13-15-7-5-4-6-8-15/h4-12H,3,13H2,1-2H3. The molecule has 0 bridgehead atoms. The number of hydrogen-bond donors (Lipinski definition) is 0. The second-order valence-electron chi connectivity index (χ2n) is 5.79. The van der Waals surface area contributed by atoms with Crippen molar-refractivity contribution in [2.24, 2.45) is 0 Å². The predicted molar refractivity (Wildman–Crippen MR) is 101 cm³/mol. The second kappa shape index (κ2) is 8.27. The molecule has 0 fully saturated rings. The summed E-state index contributed by atoms with van der Waals surface area (Å²) in [6, 6.07) is 14.6. The zero-order chi connectivity index (χ0) is 19.2. The van der Waals surface area contributed by atoms with E-state index in [1.807, 2.05) is 37.3 Å². The first kappa shape index (κ1) is 18.3. The summed E-state index contributed by atoms with van der Waals surface area (Å²) in [7, 11) is 0. The van der Waals surface area contributed by atoms with E-state index in [-0.39, 0.29) is 5.69 Å². The molecule has 2 aromatic heterocycles. The van der Waals surface area contributed by atoms with E-state index in [4.69, 9.17) is 9.47 Å². The van der Waals surface area contributed by atoms with E-state index in [1.165, 1.54) is 6.07 Å². The van der Waals surface area contributed by atoms with E-state index < -0.39 is 4.92 Å². The molecule has 27 heavy (non-hydrogen) atoms. The maximum atomic E-state index is 11.0. The zero-order valence-electron chi connectivity index (χ0n) is 15.1. The third kappa shape index (κ3) is 4.38. The predicted octanol–water partition coefficient (Wildman–Crippen LogP) is 4.34. The van der Waals surface area contributed by atoms with Crippen LogP contribution in [0.25, 0.3) is 11.3 Å². The SMILES string of the molecule is CCOc1cc(-c2ccc([N+](=O)[O-])c(C)n2)cnc1OCc1ccccc1. The van der Waals surface area contributed by atoms with E-state index in [2.05, 4.69) is 9.97 Å². The van der Waals surface area contributed by atoms with E-state index in [0.717, 1.165) is 5.56 Å². The number of hydrogen-bond acceptors (Lipinski definition) is 6. The molecule has 3 aromatic rings. The van der Waals surface area contributed by atoms with Gasteiger partial charge in [-0.3, -0.25) is 10.1 Å². The highest BCUT2D eigenvalue weighted by molar-refractivity contribution is 5.63. The second-order valence-corrected chi connectivity index (χ2v) is 5.79. The summed E-state index contributed by atoms with van der Waals surface area (Å²) in [6.45, 7) is 4.32. The molecule has 0 amide bonds. The van der Waals surface area contributed by atoms with Crippen molar-refractivity contribution in [2.45, 2.75) is 20.5 Å². The van der Waals surface area contributed by atoms with Crippen molar-refractivity contribution in [1.82, 2.24) is 9.97 Å². The fourth-order valence-corrected chi connectivity index (χ4v) is 2.57. The third-order valence-electron chi connectivity index (χ3n) is 3.89. The Morgan fingerprint density at radius 2 is 1.89 bits per heavy atom. The summed E-state index contributed by atoms with van der Waals surface area (Å²) < 4.78 is 11.5. The van der Waals surface area contributed by atoms with Gasteiger partial charge in [-0.05, 0) is 31.5 Å². The van der Waals surface area contributed by atoms with Crippen molar-refractivity contribution in [3.05, 3.63) is 76.1 Å². The first-order valence-electron chi connectivity index (χ1n) is 8.50. The molecule has 0 atom stereocenters. The van der Waals surface area contributed by atoms with Crippen molar-refractivity contribution in [3.63, 3.8) is 0 Å². The first-order valence-corrected chi connectivity index (χ1v) is 8.50. The van der Waals surface area contributed by atoms with Gasteiger partial charge < -0.3 is 9.47 Å².